The molecule has 1 rings (SSSR count). The fourth-order valence-electron chi connectivity index (χ4n) is 3.06. The average molecular weight is 627 g/mol. The van der Waals surface area contributed by atoms with Crippen LogP contribution in [-0.4, -0.2) is 145 Å². The second-order valence-electron chi connectivity index (χ2n) is 8.27. The zero-order valence-corrected chi connectivity index (χ0v) is 25.8. The van der Waals surface area contributed by atoms with E-state index in [9.17, 15) is 4.79 Å². The van der Waals surface area contributed by atoms with Crippen molar-refractivity contribution >= 4 is 16.8 Å². The first-order chi connectivity index (χ1) is 20.6. The van der Waals surface area contributed by atoms with Crippen molar-refractivity contribution < 1.29 is 61.6 Å². The van der Waals surface area contributed by atoms with Crippen molar-refractivity contribution in [3.8, 4) is 17.2 Å². The highest BCUT2D eigenvalue weighted by Gasteiger charge is 2.18. The highest BCUT2D eigenvalue weighted by molar-refractivity contribution is 6.67. The lowest BCUT2D eigenvalue weighted by Gasteiger charge is -2.18. The van der Waals surface area contributed by atoms with Gasteiger partial charge in [0.2, 0.25) is 5.75 Å². The summed E-state index contributed by atoms with van der Waals surface area (Å²) in [6.07, 6.45) is 0. The molecule has 14 heteroatoms. The van der Waals surface area contributed by atoms with E-state index in [1.165, 1.54) is 12.1 Å². The van der Waals surface area contributed by atoms with Crippen LogP contribution in [0.25, 0.3) is 0 Å². The Kier molecular flexibility index (Phi) is 25.5. The van der Waals surface area contributed by atoms with Gasteiger partial charge < -0.3 is 56.8 Å². The summed E-state index contributed by atoms with van der Waals surface area (Å²) < 4.78 is 65.4. The molecule has 0 aliphatic rings. The van der Waals surface area contributed by atoms with Crippen LogP contribution in [0.1, 0.15) is 10.4 Å². The summed E-state index contributed by atoms with van der Waals surface area (Å²) in [5.74, 6) is 0.876. The topological polar surface area (TPSA) is 128 Å². The van der Waals surface area contributed by atoms with Crippen molar-refractivity contribution in [3.05, 3.63) is 17.7 Å². The molecule has 0 aliphatic heterocycles. The molecule has 0 bridgehead atoms. The average Bonchev–Trinajstić information content (AvgIpc) is 2.99. The van der Waals surface area contributed by atoms with E-state index in [1.54, 1.807) is 21.3 Å². The van der Waals surface area contributed by atoms with Gasteiger partial charge in [0.1, 0.15) is 19.8 Å². The van der Waals surface area contributed by atoms with E-state index in [0.29, 0.717) is 91.6 Å². The van der Waals surface area contributed by atoms with E-state index in [0.717, 1.165) is 0 Å². The Morgan fingerprint density at radius 1 is 0.476 bits per heavy atom. The molecule has 0 unspecified atom stereocenters. The molecule has 244 valence electrons. The largest absolute Gasteiger partial charge is 0.487 e. The molecule has 0 spiro atoms. The molecule has 0 heterocycles. The molecule has 0 atom stereocenters. The van der Waals surface area contributed by atoms with E-state index in [2.05, 4.69) is 0 Å². The van der Waals surface area contributed by atoms with Gasteiger partial charge in [-0.2, -0.15) is 0 Å². The molecule has 42 heavy (non-hydrogen) atoms. The summed E-state index contributed by atoms with van der Waals surface area (Å²) in [5.41, 5.74) is 0.193. The molecule has 0 amide bonds. The fourth-order valence-corrected chi connectivity index (χ4v) is 3.17. The Labute approximate surface area is 253 Å². The number of methoxy groups -OCH3 is 3. The quantitative estimate of drug-likeness (QED) is 0.0883. The Morgan fingerprint density at radius 2 is 0.762 bits per heavy atom. The third-order valence-corrected chi connectivity index (χ3v) is 5.32. The summed E-state index contributed by atoms with van der Waals surface area (Å²) >= 11 is 5.79. The van der Waals surface area contributed by atoms with Gasteiger partial charge in [-0.05, 0) is 23.7 Å². The number of hydrogen-bond donors (Lipinski definition) is 0. The molecule has 0 aromatic heterocycles. The summed E-state index contributed by atoms with van der Waals surface area (Å²) in [5, 5.41) is -0.665. The number of hydrogen-bond acceptors (Lipinski definition) is 13. The summed E-state index contributed by atoms with van der Waals surface area (Å²) in [7, 11) is 4.84. The molecule has 0 N–H and O–H groups in total. The van der Waals surface area contributed by atoms with Crippen LogP contribution in [-0.2, 0) is 42.6 Å². The molecular formula is C28H47ClO13. The van der Waals surface area contributed by atoms with E-state index < -0.39 is 5.24 Å². The minimum absolute atomic E-state index is 0.190. The third kappa shape index (κ3) is 20.2. The van der Waals surface area contributed by atoms with Gasteiger partial charge in [0.15, 0.2) is 11.5 Å². The SMILES string of the molecule is COCCOCCOCCOc1cc(C(=O)Cl)cc(OCCOCCOCCOC)c1OCCOCCOCCOC. The standard InChI is InChI=1S/C28H47ClO13/c1-31-4-7-34-10-13-37-16-19-40-25-22-24(28(29)30)23-26(41-20-17-38-14-11-35-8-5-32-2)27(25)42-21-18-39-15-12-36-9-6-33-3/h22-23H,4-21H2,1-3H3. The van der Waals surface area contributed by atoms with Crippen molar-refractivity contribution in [2.24, 2.45) is 0 Å². The highest BCUT2D eigenvalue weighted by Crippen LogP contribution is 2.39. The van der Waals surface area contributed by atoms with Crippen molar-refractivity contribution in [1.29, 1.82) is 0 Å². The minimum Gasteiger partial charge on any atom is -0.487 e. The fraction of sp³-hybridized carbons (Fsp3) is 0.750. The maximum absolute atomic E-state index is 12.0. The van der Waals surface area contributed by atoms with Crippen LogP contribution < -0.4 is 14.2 Å². The van der Waals surface area contributed by atoms with Gasteiger partial charge in [0, 0.05) is 26.9 Å². The normalized spacial score (nSPS) is 11.1. The molecule has 0 saturated heterocycles. The van der Waals surface area contributed by atoms with E-state index in [-0.39, 0.29) is 50.1 Å². The van der Waals surface area contributed by atoms with Gasteiger partial charge in [0.05, 0.1) is 99.1 Å². The van der Waals surface area contributed by atoms with Crippen molar-refractivity contribution in [1.82, 2.24) is 0 Å². The predicted octanol–water partition coefficient (Wildman–Crippen LogP) is 2.24. The van der Waals surface area contributed by atoms with Gasteiger partial charge in [-0.15, -0.1) is 0 Å². The van der Waals surface area contributed by atoms with Crippen LogP contribution in [0.15, 0.2) is 12.1 Å². The number of halogens is 1. The second kappa shape index (κ2) is 28.0. The zero-order chi connectivity index (χ0) is 30.5. The lowest BCUT2D eigenvalue weighted by atomic mass is 10.2. The smallest absolute Gasteiger partial charge is 0.252 e. The van der Waals surface area contributed by atoms with Crippen LogP contribution in [0.5, 0.6) is 17.2 Å². The Morgan fingerprint density at radius 3 is 1.07 bits per heavy atom. The molecule has 1 aromatic carbocycles. The Balaban J connectivity index is 2.69. The summed E-state index contributed by atoms with van der Waals surface area (Å²) in [6.45, 7) is 7.01. The van der Waals surface area contributed by atoms with Crippen molar-refractivity contribution in [2.45, 2.75) is 0 Å². The second-order valence-corrected chi connectivity index (χ2v) is 8.62. The van der Waals surface area contributed by atoms with Crippen LogP contribution in [0.4, 0.5) is 0 Å². The molecule has 0 saturated carbocycles. The predicted molar refractivity (Wildman–Crippen MR) is 154 cm³/mol. The first-order valence-corrected chi connectivity index (χ1v) is 14.2. The maximum Gasteiger partial charge on any atom is 0.252 e. The number of carbonyl (C=O) groups excluding carboxylic acids is 1. The van der Waals surface area contributed by atoms with Gasteiger partial charge in [-0.1, -0.05) is 0 Å². The van der Waals surface area contributed by atoms with Gasteiger partial charge in [-0.3, -0.25) is 4.79 Å². The van der Waals surface area contributed by atoms with E-state index in [4.69, 9.17) is 68.4 Å². The van der Waals surface area contributed by atoms with Crippen LogP contribution in [0.3, 0.4) is 0 Å². The molecule has 0 fully saturated rings. The lowest BCUT2D eigenvalue weighted by Crippen LogP contribution is -2.16. The number of ether oxygens (including phenoxy) is 12. The van der Waals surface area contributed by atoms with Crippen LogP contribution >= 0.6 is 11.6 Å². The summed E-state index contributed by atoms with van der Waals surface area (Å²) in [4.78, 5) is 12.0. The summed E-state index contributed by atoms with van der Waals surface area (Å²) in [6, 6.07) is 3.01. The highest BCUT2D eigenvalue weighted by atomic mass is 35.5. The number of carbonyl (C=O) groups is 1. The van der Waals surface area contributed by atoms with E-state index >= 15 is 0 Å². The molecule has 13 nitrogen and oxygen atoms in total. The number of benzene rings is 1. The maximum atomic E-state index is 12.0. The molecule has 0 radical (unpaired) electrons. The van der Waals surface area contributed by atoms with Crippen LogP contribution in [0, 0.1) is 0 Å². The monoisotopic (exact) mass is 626 g/mol. The first-order valence-electron chi connectivity index (χ1n) is 13.8. The zero-order valence-electron chi connectivity index (χ0n) is 25.1. The van der Waals surface area contributed by atoms with Gasteiger partial charge in [0.25, 0.3) is 5.24 Å². The number of rotatable bonds is 31. The van der Waals surface area contributed by atoms with Crippen LogP contribution in [0.2, 0.25) is 0 Å². The van der Waals surface area contributed by atoms with E-state index in [1.807, 2.05) is 0 Å². The Hall–Kier alpha value is -1.78. The van der Waals surface area contributed by atoms with Gasteiger partial charge in [-0.25, -0.2) is 0 Å². The molecule has 1 aromatic rings. The minimum atomic E-state index is -0.665. The van der Waals surface area contributed by atoms with Gasteiger partial charge >= 0.3 is 0 Å². The molecule has 0 aliphatic carbocycles. The molecular weight excluding hydrogens is 580 g/mol. The lowest BCUT2D eigenvalue weighted by molar-refractivity contribution is 0.0146. The third-order valence-electron chi connectivity index (χ3n) is 5.10. The first kappa shape index (κ1) is 38.2. The Bertz CT molecular complexity index is 741. The van der Waals surface area contributed by atoms with Crippen molar-refractivity contribution in [2.75, 3.05) is 140 Å². The van der Waals surface area contributed by atoms with Crippen molar-refractivity contribution in [3.63, 3.8) is 0 Å².